The van der Waals surface area contributed by atoms with Crippen LogP contribution in [0.25, 0.3) is 0 Å². The average molecular weight is 376 g/mol. The van der Waals surface area contributed by atoms with Gasteiger partial charge < -0.3 is 10.2 Å². The molecule has 1 aliphatic rings. The first-order chi connectivity index (χ1) is 12.4. The Balaban J connectivity index is 1.73. The third kappa shape index (κ3) is 4.69. The number of nitrogens with zero attached hydrogens (tertiary/aromatic N) is 2. The Hall–Kier alpha value is -1.77. The van der Waals surface area contributed by atoms with Gasteiger partial charge in [-0.2, -0.15) is 4.31 Å². The van der Waals surface area contributed by atoms with Gasteiger partial charge in [-0.25, -0.2) is 8.42 Å². The van der Waals surface area contributed by atoms with Gasteiger partial charge in [0.05, 0.1) is 17.1 Å². The Bertz CT molecular complexity index is 785. The lowest BCUT2D eigenvalue weighted by atomic mass is 10.1. The number of hydrogen-bond donors (Lipinski definition) is 2. The van der Waals surface area contributed by atoms with Gasteiger partial charge in [0.25, 0.3) is 0 Å². The quantitative estimate of drug-likeness (QED) is 0.829. The number of β-amino-alcohol motifs (C(OH)–C–C–N with tert-alkyl or cyclic N) is 2. The van der Waals surface area contributed by atoms with Gasteiger partial charge >= 0.3 is 0 Å². The van der Waals surface area contributed by atoms with Crippen molar-refractivity contribution in [2.24, 2.45) is 0 Å². The van der Waals surface area contributed by atoms with Crippen molar-refractivity contribution < 1.29 is 18.6 Å². The minimum absolute atomic E-state index is 0.0421. The maximum atomic E-state index is 12.8. The second-order valence-corrected chi connectivity index (χ2v) is 8.56. The zero-order valence-electron chi connectivity index (χ0n) is 14.5. The molecule has 2 N–H and O–H groups in total. The summed E-state index contributed by atoms with van der Waals surface area (Å²) in [5, 5.41) is 20.8. The van der Waals surface area contributed by atoms with Crippen molar-refractivity contribution in [1.82, 2.24) is 9.21 Å². The number of sulfonamides is 1. The fourth-order valence-corrected chi connectivity index (χ4v) is 4.78. The molecule has 0 unspecified atom stereocenters. The highest BCUT2D eigenvalue weighted by atomic mass is 32.2. The van der Waals surface area contributed by atoms with Crippen molar-refractivity contribution in [3.63, 3.8) is 0 Å². The van der Waals surface area contributed by atoms with Crippen LogP contribution in [0.4, 0.5) is 0 Å². The van der Waals surface area contributed by atoms with Gasteiger partial charge in [-0.1, -0.05) is 48.5 Å². The van der Waals surface area contributed by atoms with Crippen LogP contribution in [0, 0.1) is 0 Å². The minimum atomic E-state index is -3.75. The van der Waals surface area contributed by atoms with E-state index in [1.807, 2.05) is 35.2 Å². The van der Waals surface area contributed by atoms with Gasteiger partial charge in [0.2, 0.25) is 10.0 Å². The first kappa shape index (κ1) is 19.0. The third-order valence-corrected chi connectivity index (χ3v) is 6.24. The Kier molecular flexibility index (Phi) is 6.05. The highest BCUT2D eigenvalue weighted by Gasteiger charge is 2.32. The van der Waals surface area contributed by atoms with Crippen LogP contribution in [0.15, 0.2) is 65.6 Å². The predicted molar refractivity (Wildman–Crippen MR) is 98.9 cm³/mol. The highest BCUT2D eigenvalue weighted by Crippen LogP contribution is 2.18. The largest absolute Gasteiger partial charge is 0.390 e. The fraction of sp³-hybridized carbons (Fsp3) is 0.368. The van der Waals surface area contributed by atoms with Crippen LogP contribution in [0.1, 0.15) is 5.56 Å². The van der Waals surface area contributed by atoms with E-state index in [0.29, 0.717) is 19.6 Å². The van der Waals surface area contributed by atoms with Gasteiger partial charge in [-0.15, -0.1) is 0 Å². The van der Waals surface area contributed by atoms with Crippen molar-refractivity contribution in [1.29, 1.82) is 0 Å². The predicted octanol–water partition coefficient (Wildman–Crippen LogP) is 0.915. The molecule has 0 radical (unpaired) electrons. The molecule has 0 spiro atoms. The summed E-state index contributed by atoms with van der Waals surface area (Å²) in [5.41, 5.74) is 1.08. The van der Waals surface area contributed by atoms with Crippen LogP contribution < -0.4 is 0 Å². The zero-order chi connectivity index (χ0) is 18.6. The van der Waals surface area contributed by atoms with Crippen LogP contribution >= 0.6 is 0 Å². The van der Waals surface area contributed by atoms with Crippen LogP contribution in [-0.2, 0) is 16.6 Å². The van der Waals surface area contributed by atoms with E-state index < -0.39 is 22.2 Å². The molecule has 1 aliphatic heterocycles. The Morgan fingerprint density at radius 3 is 1.85 bits per heavy atom. The lowest BCUT2D eigenvalue weighted by Crippen LogP contribution is -2.51. The number of aliphatic hydroxyl groups is 2. The molecule has 1 fully saturated rings. The van der Waals surface area contributed by atoms with E-state index in [4.69, 9.17) is 0 Å². The topological polar surface area (TPSA) is 81.1 Å². The highest BCUT2D eigenvalue weighted by molar-refractivity contribution is 7.89. The van der Waals surface area contributed by atoms with E-state index >= 15 is 0 Å². The van der Waals surface area contributed by atoms with Crippen molar-refractivity contribution >= 4 is 10.0 Å². The summed E-state index contributed by atoms with van der Waals surface area (Å²) in [4.78, 5) is 2.12. The number of benzene rings is 2. The SMILES string of the molecule is O=S(=O)(c1ccccc1)N1C[C@H](O)CN(Cc2ccccc2)C[C@@H](O)C1. The standard InChI is InChI=1S/C19H24N2O4S/c22-17-12-20(11-16-7-3-1-4-8-16)13-18(23)15-21(14-17)26(24,25)19-9-5-2-6-10-19/h1-10,17-18,22-23H,11-15H2/t17-,18-/m1/s1. The minimum Gasteiger partial charge on any atom is -0.390 e. The second-order valence-electron chi connectivity index (χ2n) is 6.62. The van der Waals surface area contributed by atoms with Crippen molar-refractivity contribution in [2.75, 3.05) is 26.2 Å². The first-order valence-electron chi connectivity index (χ1n) is 8.63. The smallest absolute Gasteiger partial charge is 0.243 e. The molecule has 0 aromatic heterocycles. The zero-order valence-corrected chi connectivity index (χ0v) is 15.3. The monoisotopic (exact) mass is 376 g/mol. The lowest BCUT2D eigenvalue weighted by molar-refractivity contribution is 0.0229. The fourth-order valence-electron chi connectivity index (χ4n) is 3.24. The van der Waals surface area contributed by atoms with Crippen LogP contribution in [0.5, 0.6) is 0 Å². The molecule has 2 atom stereocenters. The molecular formula is C19H24N2O4S. The summed E-state index contributed by atoms with van der Waals surface area (Å²) in [7, 11) is -3.75. The van der Waals surface area contributed by atoms with E-state index in [2.05, 4.69) is 0 Å². The lowest BCUT2D eigenvalue weighted by Gasteiger charge is -2.35. The molecular weight excluding hydrogens is 352 g/mol. The molecule has 0 aliphatic carbocycles. The molecule has 3 rings (SSSR count). The van der Waals surface area contributed by atoms with E-state index in [1.54, 1.807) is 18.2 Å². The number of hydrogen-bond acceptors (Lipinski definition) is 5. The molecule has 2 aromatic rings. The van der Waals surface area contributed by atoms with Crippen LogP contribution in [-0.4, -0.2) is 66.2 Å². The molecule has 7 heteroatoms. The van der Waals surface area contributed by atoms with Gasteiger partial charge in [0, 0.05) is 32.7 Å². The summed E-state index contributed by atoms with van der Waals surface area (Å²) in [6, 6.07) is 17.9. The summed E-state index contributed by atoms with van der Waals surface area (Å²) < 4.78 is 26.8. The summed E-state index contributed by atoms with van der Waals surface area (Å²) in [5.74, 6) is 0. The first-order valence-corrected chi connectivity index (χ1v) is 10.1. The number of rotatable bonds is 4. The molecule has 140 valence electrons. The maximum Gasteiger partial charge on any atom is 0.243 e. The van der Waals surface area contributed by atoms with Crippen molar-refractivity contribution in [3.05, 3.63) is 66.2 Å². The average Bonchev–Trinajstić information content (AvgIpc) is 2.61. The van der Waals surface area contributed by atoms with Gasteiger partial charge in [-0.05, 0) is 17.7 Å². The third-order valence-electron chi connectivity index (χ3n) is 4.40. The molecule has 2 aromatic carbocycles. The molecule has 0 amide bonds. The Morgan fingerprint density at radius 2 is 1.31 bits per heavy atom. The van der Waals surface area contributed by atoms with Crippen molar-refractivity contribution in [3.8, 4) is 0 Å². The second kappa shape index (κ2) is 8.28. The molecule has 0 saturated carbocycles. The van der Waals surface area contributed by atoms with Crippen LogP contribution in [0.3, 0.4) is 0 Å². The Morgan fingerprint density at radius 1 is 0.808 bits per heavy atom. The van der Waals surface area contributed by atoms with Gasteiger partial charge in [0.15, 0.2) is 0 Å². The summed E-state index contributed by atoms with van der Waals surface area (Å²) in [6.07, 6.45) is -1.66. The normalized spacial score (nSPS) is 23.3. The molecule has 1 heterocycles. The Labute approximate surface area is 154 Å². The van der Waals surface area contributed by atoms with Crippen LogP contribution in [0.2, 0.25) is 0 Å². The summed E-state index contributed by atoms with van der Waals surface area (Å²) >= 11 is 0. The maximum absolute atomic E-state index is 12.8. The van der Waals surface area contributed by atoms with Gasteiger partial charge in [0.1, 0.15) is 0 Å². The van der Waals surface area contributed by atoms with E-state index in [9.17, 15) is 18.6 Å². The molecule has 6 nitrogen and oxygen atoms in total. The molecule has 1 saturated heterocycles. The van der Waals surface area contributed by atoms with Gasteiger partial charge in [-0.3, -0.25) is 4.90 Å². The molecule has 0 bridgehead atoms. The molecule has 26 heavy (non-hydrogen) atoms. The van der Waals surface area contributed by atoms with Crippen molar-refractivity contribution in [2.45, 2.75) is 23.6 Å². The van der Waals surface area contributed by atoms with E-state index in [0.717, 1.165) is 5.56 Å². The number of aliphatic hydroxyl groups excluding tert-OH is 2. The van der Waals surface area contributed by atoms with E-state index in [-0.39, 0.29) is 18.0 Å². The van der Waals surface area contributed by atoms with E-state index in [1.165, 1.54) is 16.4 Å². The summed E-state index contributed by atoms with van der Waals surface area (Å²) in [6.45, 7) is 1.11.